The molecule has 0 amide bonds. The lowest BCUT2D eigenvalue weighted by molar-refractivity contribution is 0.313. The van der Waals surface area contributed by atoms with Gasteiger partial charge in [-0.2, -0.15) is 4.98 Å². The summed E-state index contributed by atoms with van der Waals surface area (Å²) in [6.07, 6.45) is 5.99. The maximum Gasteiger partial charge on any atom is 0.252 e. The van der Waals surface area contributed by atoms with Gasteiger partial charge in [0, 0.05) is 55.2 Å². The molecular weight excluding hydrogens is 536 g/mol. The van der Waals surface area contributed by atoms with E-state index in [9.17, 15) is 13.2 Å². The first-order valence-electron chi connectivity index (χ1n) is 14.4. The molecule has 0 bridgehead atoms. The highest BCUT2D eigenvalue weighted by molar-refractivity contribution is 7.92. The van der Waals surface area contributed by atoms with E-state index in [1.54, 1.807) is 30.5 Å². The molecule has 0 atom stereocenters. The predicted molar refractivity (Wildman–Crippen MR) is 163 cm³/mol. The summed E-state index contributed by atoms with van der Waals surface area (Å²) in [5, 5.41) is 3.59. The second-order valence-electron chi connectivity index (χ2n) is 11.1. The molecule has 2 aromatic carbocycles. The van der Waals surface area contributed by atoms with E-state index < -0.39 is 9.84 Å². The summed E-state index contributed by atoms with van der Waals surface area (Å²) >= 11 is 0. The van der Waals surface area contributed by atoms with Crippen molar-refractivity contribution < 1.29 is 8.42 Å². The molecule has 41 heavy (non-hydrogen) atoms. The van der Waals surface area contributed by atoms with Crippen LogP contribution in [0.4, 0.5) is 17.3 Å². The number of sulfone groups is 1. The molecule has 1 N–H and O–H groups in total. The quantitative estimate of drug-likeness (QED) is 0.347. The van der Waals surface area contributed by atoms with Gasteiger partial charge in [0.05, 0.1) is 16.7 Å². The highest BCUT2D eigenvalue weighted by Gasteiger charge is 2.30. The van der Waals surface area contributed by atoms with Crippen LogP contribution in [-0.2, 0) is 16.4 Å². The van der Waals surface area contributed by atoms with Crippen molar-refractivity contribution in [3.63, 3.8) is 0 Å². The molecule has 0 spiro atoms. The molecule has 9 nitrogen and oxygen atoms in total. The third-order valence-corrected chi connectivity index (χ3v) is 10.7. The summed E-state index contributed by atoms with van der Waals surface area (Å²) in [6.45, 7) is 4.20. The number of anilines is 3. The highest BCUT2D eigenvalue weighted by Crippen LogP contribution is 2.31. The Morgan fingerprint density at radius 1 is 0.902 bits per heavy atom. The molecule has 2 aliphatic rings. The van der Waals surface area contributed by atoms with Gasteiger partial charge in [0.25, 0.3) is 5.56 Å². The van der Waals surface area contributed by atoms with Gasteiger partial charge in [-0.1, -0.05) is 37.5 Å². The zero-order valence-corrected chi connectivity index (χ0v) is 24.2. The normalized spacial score (nSPS) is 17.1. The Labute approximate surface area is 240 Å². The molecule has 6 rings (SSSR count). The number of likely N-dealkylation sites (N-methyl/N-ethyl adjacent to an activating group) is 1. The van der Waals surface area contributed by atoms with Crippen molar-refractivity contribution in [2.24, 2.45) is 0 Å². The Kier molecular flexibility index (Phi) is 7.77. The molecule has 0 radical (unpaired) electrons. The van der Waals surface area contributed by atoms with Crippen molar-refractivity contribution in [1.29, 1.82) is 0 Å². The Morgan fingerprint density at radius 3 is 2.39 bits per heavy atom. The summed E-state index contributed by atoms with van der Waals surface area (Å²) in [5.74, 6) is 0.368. The van der Waals surface area contributed by atoms with Crippen molar-refractivity contribution in [1.82, 2.24) is 19.4 Å². The van der Waals surface area contributed by atoms with E-state index >= 15 is 0 Å². The fourth-order valence-corrected chi connectivity index (χ4v) is 7.95. The molecule has 3 heterocycles. The number of pyridine rings is 1. The number of nitrogens with one attached hydrogen (secondary N) is 1. The first-order valence-corrected chi connectivity index (χ1v) is 15.9. The van der Waals surface area contributed by atoms with Crippen molar-refractivity contribution in [2.75, 3.05) is 43.4 Å². The number of benzene rings is 2. The number of piperazine rings is 1. The van der Waals surface area contributed by atoms with Gasteiger partial charge in [-0.15, -0.1) is 0 Å². The Balaban J connectivity index is 1.28. The first kappa shape index (κ1) is 27.4. The predicted octanol–water partition coefficient (Wildman–Crippen LogP) is 4.44. The number of hydrogen-bond acceptors (Lipinski definition) is 8. The maximum absolute atomic E-state index is 13.6. The van der Waals surface area contributed by atoms with Gasteiger partial charge in [0.1, 0.15) is 5.65 Å². The van der Waals surface area contributed by atoms with Crippen LogP contribution in [0.5, 0.6) is 0 Å². The standard InChI is InChI=1S/C31H36N6O3S/c1-35-17-19-36(20-18-35)26-14-12-25(13-15-26)33-31-32-21-23-11-16-29(38)37(30(23)34-31)22-24-7-5-6-10-28(24)41(39,40)27-8-3-2-4-9-27/h5-7,10-16,21,27H,2-4,8-9,17-20,22H2,1H3,(H,32,33,34). The SMILES string of the molecule is CN1CCN(c2ccc(Nc3ncc4ccc(=O)n(Cc5ccccc5S(=O)(=O)C5CCCCC5)c4n3)cc2)CC1. The van der Waals surface area contributed by atoms with Crippen LogP contribution in [0.15, 0.2) is 76.6 Å². The van der Waals surface area contributed by atoms with Crippen LogP contribution in [0, 0.1) is 0 Å². The highest BCUT2D eigenvalue weighted by atomic mass is 32.2. The minimum absolute atomic E-state index is 0.106. The molecule has 2 fully saturated rings. The zero-order chi connectivity index (χ0) is 28.4. The van der Waals surface area contributed by atoms with Gasteiger partial charge in [-0.25, -0.2) is 13.4 Å². The van der Waals surface area contributed by atoms with Crippen molar-refractivity contribution >= 4 is 38.2 Å². The van der Waals surface area contributed by atoms with E-state index in [0.717, 1.165) is 51.1 Å². The molecular formula is C31H36N6O3S. The number of rotatable bonds is 7. The lowest BCUT2D eigenvalue weighted by Crippen LogP contribution is -2.44. The molecule has 10 heteroatoms. The summed E-state index contributed by atoms with van der Waals surface area (Å²) in [5.41, 5.74) is 2.83. The maximum atomic E-state index is 13.6. The summed E-state index contributed by atoms with van der Waals surface area (Å²) in [6, 6.07) is 18.4. The summed E-state index contributed by atoms with van der Waals surface area (Å²) < 4.78 is 28.8. The van der Waals surface area contributed by atoms with E-state index in [2.05, 4.69) is 39.3 Å². The van der Waals surface area contributed by atoms with E-state index in [4.69, 9.17) is 4.98 Å². The third-order valence-electron chi connectivity index (χ3n) is 8.31. The topological polar surface area (TPSA) is 100 Å². The third kappa shape index (κ3) is 5.85. The smallest absolute Gasteiger partial charge is 0.252 e. The van der Waals surface area contributed by atoms with Crippen LogP contribution in [0.3, 0.4) is 0 Å². The minimum Gasteiger partial charge on any atom is -0.369 e. The first-order chi connectivity index (χ1) is 19.9. The molecule has 4 aromatic rings. The van der Waals surface area contributed by atoms with Gasteiger partial charge in [-0.05, 0) is 61.9 Å². The zero-order valence-electron chi connectivity index (χ0n) is 23.4. The van der Waals surface area contributed by atoms with E-state index in [-0.39, 0.29) is 17.4 Å². The van der Waals surface area contributed by atoms with Crippen LogP contribution in [0.25, 0.3) is 11.0 Å². The number of aromatic nitrogens is 3. The number of nitrogens with zero attached hydrogens (tertiary/aromatic N) is 5. The van der Waals surface area contributed by atoms with Crippen LogP contribution in [0.2, 0.25) is 0 Å². The van der Waals surface area contributed by atoms with Crippen LogP contribution < -0.4 is 15.8 Å². The Hall–Kier alpha value is -3.76. The van der Waals surface area contributed by atoms with Crippen molar-refractivity contribution in [3.05, 3.63) is 82.8 Å². The number of fused-ring (bicyclic) bond motifs is 1. The van der Waals surface area contributed by atoms with Crippen molar-refractivity contribution in [3.8, 4) is 0 Å². The summed E-state index contributed by atoms with van der Waals surface area (Å²) in [4.78, 5) is 27.3. The fourth-order valence-electron chi connectivity index (χ4n) is 5.87. The van der Waals surface area contributed by atoms with E-state index in [0.29, 0.717) is 40.3 Å². The second-order valence-corrected chi connectivity index (χ2v) is 13.3. The Morgan fingerprint density at radius 2 is 1.63 bits per heavy atom. The largest absolute Gasteiger partial charge is 0.369 e. The van der Waals surface area contributed by atoms with Gasteiger partial charge >= 0.3 is 0 Å². The molecule has 1 aliphatic heterocycles. The van der Waals surface area contributed by atoms with Gasteiger partial charge in [0.15, 0.2) is 9.84 Å². The van der Waals surface area contributed by atoms with Crippen molar-refractivity contribution in [2.45, 2.75) is 48.8 Å². The second kappa shape index (κ2) is 11.6. The fraction of sp³-hybridized carbons (Fsp3) is 0.387. The Bertz CT molecular complexity index is 1690. The van der Waals surface area contributed by atoms with Crippen LogP contribution in [0.1, 0.15) is 37.7 Å². The van der Waals surface area contributed by atoms with Gasteiger partial charge in [0.2, 0.25) is 5.95 Å². The summed E-state index contributed by atoms with van der Waals surface area (Å²) in [7, 11) is -1.36. The molecule has 1 aliphatic carbocycles. The average molecular weight is 573 g/mol. The van der Waals surface area contributed by atoms with Crippen LogP contribution >= 0.6 is 0 Å². The van der Waals surface area contributed by atoms with Gasteiger partial charge in [-0.3, -0.25) is 9.36 Å². The molecule has 1 saturated heterocycles. The molecule has 1 saturated carbocycles. The van der Waals surface area contributed by atoms with Crippen LogP contribution in [-0.4, -0.2) is 66.3 Å². The van der Waals surface area contributed by atoms with E-state index in [1.165, 1.54) is 16.3 Å². The molecule has 2 aromatic heterocycles. The monoisotopic (exact) mass is 572 g/mol. The minimum atomic E-state index is -3.51. The van der Waals surface area contributed by atoms with E-state index in [1.807, 2.05) is 18.2 Å². The average Bonchev–Trinajstić information content (AvgIpc) is 3.00. The molecule has 214 valence electrons. The molecule has 0 unspecified atom stereocenters. The lowest BCUT2D eigenvalue weighted by Gasteiger charge is -2.34. The number of hydrogen-bond donors (Lipinski definition) is 1. The van der Waals surface area contributed by atoms with Gasteiger partial charge < -0.3 is 15.1 Å². The lowest BCUT2D eigenvalue weighted by atomic mass is 10.0.